The monoisotopic (exact) mass is 398 g/mol. The van der Waals surface area contributed by atoms with Gasteiger partial charge < -0.3 is 20.7 Å². The van der Waals surface area contributed by atoms with Crippen LogP contribution in [0, 0.1) is 0 Å². The molecule has 1 aromatic carbocycles. The van der Waals surface area contributed by atoms with Gasteiger partial charge in [0.05, 0.1) is 6.04 Å². The predicted molar refractivity (Wildman–Crippen MR) is 115 cm³/mol. The summed E-state index contributed by atoms with van der Waals surface area (Å²) >= 11 is 0. The molecular weight excluding hydrogens is 364 g/mol. The number of nitrogens with one attached hydrogen (secondary N) is 3. The molecule has 3 aliphatic rings. The van der Waals surface area contributed by atoms with E-state index in [9.17, 15) is 4.79 Å². The highest BCUT2D eigenvalue weighted by Gasteiger charge is 2.43. The van der Waals surface area contributed by atoms with Crippen LogP contribution in [0.3, 0.4) is 0 Å². The van der Waals surface area contributed by atoms with Crippen LogP contribution >= 0.6 is 0 Å². The first-order valence-electron chi connectivity index (χ1n) is 11.2. The van der Waals surface area contributed by atoms with E-state index in [4.69, 9.17) is 4.74 Å². The zero-order chi connectivity index (χ0) is 20.1. The summed E-state index contributed by atoms with van der Waals surface area (Å²) in [7, 11) is 1.78. The number of para-hydroxylation sites is 1. The van der Waals surface area contributed by atoms with E-state index >= 15 is 0 Å². The van der Waals surface area contributed by atoms with E-state index in [1.165, 1.54) is 31.2 Å². The van der Waals surface area contributed by atoms with Crippen LogP contribution in [0.15, 0.2) is 29.3 Å². The number of amides is 1. The first-order chi connectivity index (χ1) is 14.2. The Labute approximate surface area is 173 Å². The summed E-state index contributed by atoms with van der Waals surface area (Å²) in [6.07, 6.45) is 10.8. The second kappa shape index (κ2) is 9.06. The van der Waals surface area contributed by atoms with Crippen LogP contribution in [-0.2, 0) is 4.79 Å². The third-order valence-electron chi connectivity index (χ3n) is 6.61. The molecular formula is C23H34N4O2. The molecule has 6 heteroatoms. The minimum atomic E-state index is -0.0496. The Morgan fingerprint density at radius 2 is 1.90 bits per heavy atom. The molecule has 2 fully saturated rings. The van der Waals surface area contributed by atoms with E-state index in [0.717, 1.165) is 43.8 Å². The first-order valence-corrected chi connectivity index (χ1v) is 11.2. The van der Waals surface area contributed by atoms with Crippen molar-refractivity contribution in [2.24, 2.45) is 4.99 Å². The summed E-state index contributed by atoms with van der Waals surface area (Å²) in [6, 6.07) is 8.86. The lowest BCUT2D eigenvalue weighted by atomic mass is 9.86. The highest BCUT2D eigenvalue weighted by molar-refractivity contribution is 5.81. The van der Waals surface area contributed by atoms with Gasteiger partial charge in [0.25, 0.3) is 0 Å². The topological polar surface area (TPSA) is 74.8 Å². The molecule has 1 heterocycles. The number of carbonyl (C=O) groups excluding carboxylic acids is 1. The fourth-order valence-corrected chi connectivity index (χ4v) is 5.10. The Bertz CT molecular complexity index is 736. The fourth-order valence-electron chi connectivity index (χ4n) is 5.10. The molecule has 3 N–H and O–H groups in total. The van der Waals surface area contributed by atoms with Crippen LogP contribution in [0.4, 0.5) is 0 Å². The van der Waals surface area contributed by atoms with Gasteiger partial charge in [0.15, 0.2) is 5.96 Å². The van der Waals surface area contributed by atoms with E-state index in [1.807, 2.05) is 6.07 Å². The molecule has 6 nitrogen and oxygen atoms in total. The molecule has 0 bridgehead atoms. The molecule has 1 aliphatic heterocycles. The molecule has 29 heavy (non-hydrogen) atoms. The normalized spacial score (nSPS) is 23.5. The van der Waals surface area contributed by atoms with Crippen molar-refractivity contribution in [1.82, 2.24) is 16.0 Å². The molecule has 0 saturated heterocycles. The second-order valence-electron chi connectivity index (χ2n) is 8.73. The van der Waals surface area contributed by atoms with Crippen LogP contribution in [0.2, 0.25) is 0 Å². The molecule has 158 valence electrons. The van der Waals surface area contributed by atoms with Gasteiger partial charge in [0, 0.05) is 38.0 Å². The van der Waals surface area contributed by atoms with Crippen molar-refractivity contribution in [3.05, 3.63) is 29.8 Å². The van der Waals surface area contributed by atoms with E-state index in [-0.39, 0.29) is 17.6 Å². The van der Waals surface area contributed by atoms with Crippen molar-refractivity contribution < 1.29 is 9.53 Å². The van der Waals surface area contributed by atoms with Crippen molar-refractivity contribution in [2.45, 2.75) is 81.9 Å². The number of rotatable bonds is 5. The summed E-state index contributed by atoms with van der Waals surface area (Å²) in [5.74, 6) is 1.86. The molecule has 0 radical (unpaired) electrons. The third kappa shape index (κ3) is 4.85. The molecule has 1 unspecified atom stereocenters. The predicted octanol–water partition coefficient (Wildman–Crippen LogP) is 3.44. The van der Waals surface area contributed by atoms with Gasteiger partial charge in [-0.25, -0.2) is 0 Å². The van der Waals surface area contributed by atoms with E-state index in [0.29, 0.717) is 19.0 Å². The first kappa shape index (κ1) is 20.0. The Morgan fingerprint density at radius 3 is 2.66 bits per heavy atom. The minimum Gasteiger partial charge on any atom is -0.487 e. The number of fused-ring (bicyclic) bond motifs is 1. The van der Waals surface area contributed by atoms with Gasteiger partial charge in [-0.15, -0.1) is 0 Å². The number of guanidine groups is 1. The lowest BCUT2D eigenvalue weighted by Crippen LogP contribution is -2.47. The van der Waals surface area contributed by atoms with Gasteiger partial charge >= 0.3 is 0 Å². The number of carbonyl (C=O) groups is 1. The fraction of sp³-hybridized carbons (Fsp3) is 0.652. The second-order valence-corrected chi connectivity index (χ2v) is 8.73. The molecule has 1 atom stereocenters. The average molecular weight is 399 g/mol. The molecule has 0 aromatic heterocycles. The summed E-state index contributed by atoms with van der Waals surface area (Å²) in [4.78, 5) is 16.6. The van der Waals surface area contributed by atoms with E-state index in [1.54, 1.807) is 7.05 Å². The van der Waals surface area contributed by atoms with Crippen LogP contribution in [-0.4, -0.2) is 37.1 Å². The molecule has 2 saturated carbocycles. The number of nitrogens with zero attached hydrogens (tertiary/aromatic N) is 1. The number of aliphatic imine (C=N–C) groups is 1. The van der Waals surface area contributed by atoms with Crippen molar-refractivity contribution in [3.8, 4) is 5.75 Å². The van der Waals surface area contributed by atoms with Crippen LogP contribution in [0.5, 0.6) is 5.75 Å². The standard InChI is InChI=1S/C23H34N4O2/c1-24-22(25-15-12-21(28)26-17-8-2-3-9-17)27-19-16-23(13-6-7-14-23)29-20-11-5-4-10-18(19)20/h4-5,10-11,17,19H,2-3,6-9,12-16H2,1H3,(H,26,28)(H2,24,25,27). The number of benzene rings is 1. The molecule has 2 aliphatic carbocycles. The molecule has 1 spiro atoms. The number of hydrogen-bond donors (Lipinski definition) is 3. The van der Waals surface area contributed by atoms with Crippen molar-refractivity contribution in [3.63, 3.8) is 0 Å². The molecule has 1 aromatic rings. The highest BCUT2D eigenvalue weighted by atomic mass is 16.5. The molecule has 4 rings (SSSR count). The van der Waals surface area contributed by atoms with Crippen molar-refractivity contribution >= 4 is 11.9 Å². The summed E-state index contributed by atoms with van der Waals surface area (Å²) in [5.41, 5.74) is 1.14. The van der Waals surface area contributed by atoms with Gasteiger partial charge in [0.2, 0.25) is 5.91 Å². The Morgan fingerprint density at radius 1 is 1.14 bits per heavy atom. The van der Waals surface area contributed by atoms with Crippen LogP contribution < -0.4 is 20.7 Å². The zero-order valence-corrected chi connectivity index (χ0v) is 17.5. The maximum absolute atomic E-state index is 12.2. The summed E-state index contributed by atoms with van der Waals surface area (Å²) < 4.78 is 6.45. The van der Waals surface area contributed by atoms with Gasteiger partial charge in [-0.2, -0.15) is 0 Å². The Balaban J connectivity index is 1.33. The maximum Gasteiger partial charge on any atom is 0.221 e. The lowest BCUT2D eigenvalue weighted by Gasteiger charge is -2.40. The third-order valence-corrected chi connectivity index (χ3v) is 6.61. The summed E-state index contributed by atoms with van der Waals surface area (Å²) in [5, 5.41) is 10.0. The van der Waals surface area contributed by atoms with E-state index in [2.05, 4.69) is 39.1 Å². The average Bonchev–Trinajstić information content (AvgIpc) is 3.39. The van der Waals surface area contributed by atoms with Gasteiger partial charge in [-0.3, -0.25) is 9.79 Å². The highest BCUT2D eigenvalue weighted by Crippen LogP contribution is 2.46. The lowest BCUT2D eigenvalue weighted by molar-refractivity contribution is -0.121. The summed E-state index contributed by atoms with van der Waals surface area (Å²) in [6.45, 7) is 0.578. The van der Waals surface area contributed by atoms with Gasteiger partial charge in [0.1, 0.15) is 11.4 Å². The van der Waals surface area contributed by atoms with Gasteiger partial charge in [-0.1, -0.05) is 31.0 Å². The minimum absolute atomic E-state index is 0.0496. The van der Waals surface area contributed by atoms with E-state index < -0.39 is 0 Å². The maximum atomic E-state index is 12.2. The Hall–Kier alpha value is -2.24. The van der Waals surface area contributed by atoms with Crippen molar-refractivity contribution in [1.29, 1.82) is 0 Å². The zero-order valence-electron chi connectivity index (χ0n) is 17.5. The van der Waals surface area contributed by atoms with Crippen LogP contribution in [0.1, 0.15) is 75.8 Å². The largest absolute Gasteiger partial charge is 0.487 e. The quantitative estimate of drug-likeness (QED) is 0.525. The van der Waals surface area contributed by atoms with Gasteiger partial charge in [-0.05, 0) is 44.6 Å². The SMILES string of the molecule is CN=C(NCCC(=O)NC1CCCC1)NC1CC2(CCCC2)Oc2ccccc21. The molecule has 1 amide bonds. The van der Waals surface area contributed by atoms with Crippen molar-refractivity contribution in [2.75, 3.05) is 13.6 Å². The number of ether oxygens (including phenoxy) is 1. The van der Waals surface area contributed by atoms with Crippen LogP contribution in [0.25, 0.3) is 0 Å². The smallest absolute Gasteiger partial charge is 0.221 e. The Kier molecular flexibility index (Phi) is 6.26. The number of hydrogen-bond acceptors (Lipinski definition) is 3.